The SMILES string of the molecule is CCOc1ccccc1C(CC(=O)NC[C@H](O)c1cccc(Br)c1)NC(C)=O. The lowest BCUT2D eigenvalue weighted by Gasteiger charge is -2.21. The number of amides is 2. The van der Waals surface area contributed by atoms with Crippen LogP contribution in [0, 0.1) is 0 Å². The molecule has 0 heterocycles. The summed E-state index contributed by atoms with van der Waals surface area (Å²) in [6.07, 6.45) is -0.786. The first-order valence-electron chi connectivity index (χ1n) is 9.09. The highest BCUT2D eigenvalue weighted by Gasteiger charge is 2.21. The van der Waals surface area contributed by atoms with Crippen molar-refractivity contribution in [1.82, 2.24) is 10.6 Å². The number of rotatable bonds is 9. The van der Waals surface area contributed by atoms with Gasteiger partial charge in [-0.05, 0) is 30.7 Å². The third kappa shape index (κ3) is 6.65. The van der Waals surface area contributed by atoms with E-state index in [1.165, 1.54) is 6.92 Å². The van der Waals surface area contributed by atoms with Crippen LogP contribution in [0.3, 0.4) is 0 Å². The van der Waals surface area contributed by atoms with E-state index in [0.29, 0.717) is 17.9 Å². The summed E-state index contributed by atoms with van der Waals surface area (Å²) in [5.41, 5.74) is 1.44. The molecular formula is C21H25BrN2O4. The van der Waals surface area contributed by atoms with Crippen molar-refractivity contribution in [2.45, 2.75) is 32.4 Å². The van der Waals surface area contributed by atoms with Crippen molar-refractivity contribution in [3.05, 3.63) is 64.1 Å². The second-order valence-electron chi connectivity index (χ2n) is 6.30. The maximum atomic E-state index is 12.5. The van der Waals surface area contributed by atoms with Crippen LogP contribution < -0.4 is 15.4 Å². The molecule has 0 fully saturated rings. The van der Waals surface area contributed by atoms with Gasteiger partial charge in [0.15, 0.2) is 0 Å². The van der Waals surface area contributed by atoms with Gasteiger partial charge in [-0.2, -0.15) is 0 Å². The van der Waals surface area contributed by atoms with Crippen molar-refractivity contribution < 1.29 is 19.4 Å². The topological polar surface area (TPSA) is 87.7 Å². The Morgan fingerprint density at radius 1 is 1.18 bits per heavy atom. The smallest absolute Gasteiger partial charge is 0.222 e. The molecule has 2 amide bonds. The van der Waals surface area contributed by atoms with Crippen LogP contribution in [0.1, 0.15) is 43.5 Å². The van der Waals surface area contributed by atoms with Crippen molar-refractivity contribution in [2.24, 2.45) is 0 Å². The molecule has 6 nitrogen and oxygen atoms in total. The van der Waals surface area contributed by atoms with Gasteiger partial charge in [0.1, 0.15) is 5.75 Å². The zero-order chi connectivity index (χ0) is 20.5. The van der Waals surface area contributed by atoms with Crippen molar-refractivity contribution in [3.63, 3.8) is 0 Å². The van der Waals surface area contributed by atoms with E-state index < -0.39 is 12.1 Å². The summed E-state index contributed by atoms with van der Waals surface area (Å²) in [5, 5.41) is 15.8. The fourth-order valence-electron chi connectivity index (χ4n) is 2.84. The fourth-order valence-corrected chi connectivity index (χ4v) is 3.26. The summed E-state index contributed by atoms with van der Waals surface area (Å²) in [7, 11) is 0. The third-order valence-electron chi connectivity index (χ3n) is 4.09. The van der Waals surface area contributed by atoms with Gasteiger partial charge in [0.25, 0.3) is 0 Å². The summed E-state index contributed by atoms with van der Waals surface area (Å²) in [5.74, 6) is 0.114. The molecule has 0 saturated carbocycles. The highest BCUT2D eigenvalue weighted by molar-refractivity contribution is 9.10. The molecule has 1 unspecified atom stereocenters. The number of nitrogens with one attached hydrogen (secondary N) is 2. The lowest BCUT2D eigenvalue weighted by Crippen LogP contribution is -2.34. The number of benzene rings is 2. The zero-order valence-electron chi connectivity index (χ0n) is 15.9. The van der Waals surface area contributed by atoms with E-state index in [9.17, 15) is 14.7 Å². The van der Waals surface area contributed by atoms with E-state index in [2.05, 4.69) is 26.6 Å². The van der Waals surface area contributed by atoms with Crippen LogP contribution in [0.5, 0.6) is 5.75 Å². The largest absolute Gasteiger partial charge is 0.494 e. The van der Waals surface area contributed by atoms with Crippen LogP contribution in [-0.2, 0) is 9.59 Å². The predicted molar refractivity (Wildman–Crippen MR) is 111 cm³/mol. The number of hydrogen-bond acceptors (Lipinski definition) is 4. The first kappa shape index (κ1) is 21.9. The molecule has 0 radical (unpaired) electrons. The number of aliphatic hydroxyl groups excluding tert-OH is 1. The molecule has 7 heteroatoms. The average molecular weight is 449 g/mol. The molecule has 0 aliphatic carbocycles. The Balaban J connectivity index is 2.04. The van der Waals surface area contributed by atoms with E-state index in [0.717, 1.165) is 10.0 Å². The molecule has 2 aromatic carbocycles. The average Bonchev–Trinajstić information content (AvgIpc) is 2.66. The minimum absolute atomic E-state index is 0.0366. The second-order valence-corrected chi connectivity index (χ2v) is 7.22. The van der Waals surface area contributed by atoms with E-state index in [1.807, 2.05) is 43.3 Å². The molecule has 0 aromatic heterocycles. The first-order chi connectivity index (χ1) is 13.4. The molecular weight excluding hydrogens is 424 g/mol. The summed E-state index contributed by atoms with van der Waals surface area (Å²) in [6, 6.07) is 14.1. The number of carbonyl (C=O) groups excluding carboxylic acids is 2. The second kappa shape index (κ2) is 10.8. The van der Waals surface area contributed by atoms with Crippen LogP contribution in [0.4, 0.5) is 0 Å². The molecule has 0 bridgehead atoms. The van der Waals surface area contributed by atoms with Crippen LogP contribution in [0.25, 0.3) is 0 Å². The van der Waals surface area contributed by atoms with Gasteiger partial charge in [-0.15, -0.1) is 0 Å². The van der Waals surface area contributed by atoms with Gasteiger partial charge in [0.2, 0.25) is 11.8 Å². The first-order valence-corrected chi connectivity index (χ1v) is 9.89. The molecule has 28 heavy (non-hydrogen) atoms. The number of halogens is 1. The molecule has 0 saturated heterocycles. The maximum absolute atomic E-state index is 12.5. The molecule has 2 rings (SSSR count). The van der Waals surface area contributed by atoms with Crippen LogP contribution in [0.15, 0.2) is 53.0 Å². The quantitative estimate of drug-likeness (QED) is 0.549. The molecule has 0 aliphatic heterocycles. The molecule has 3 N–H and O–H groups in total. The zero-order valence-corrected chi connectivity index (χ0v) is 17.5. The summed E-state index contributed by atoms with van der Waals surface area (Å²) in [6.45, 7) is 3.84. The van der Waals surface area contributed by atoms with E-state index >= 15 is 0 Å². The Labute approximate surface area is 173 Å². The van der Waals surface area contributed by atoms with Gasteiger partial charge in [-0.1, -0.05) is 46.3 Å². The number of hydrogen-bond donors (Lipinski definition) is 3. The molecule has 150 valence electrons. The number of carbonyl (C=O) groups is 2. The predicted octanol–water partition coefficient (Wildman–Crippen LogP) is 3.26. The number of aliphatic hydroxyl groups is 1. The van der Waals surface area contributed by atoms with E-state index in [4.69, 9.17) is 4.74 Å². The van der Waals surface area contributed by atoms with Crippen LogP contribution in [0.2, 0.25) is 0 Å². The lowest BCUT2D eigenvalue weighted by atomic mass is 10.0. The van der Waals surface area contributed by atoms with E-state index in [1.54, 1.807) is 12.1 Å². The summed E-state index contributed by atoms with van der Waals surface area (Å²) >= 11 is 3.36. The van der Waals surface area contributed by atoms with E-state index in [-0.39, 0.29) is 24.8 Å². The molecule has 2 atom stereocenters. The molecule has 2 aromatic rings. The van der Waals surface area contributed by atoms with Gasteiger partial charge < -0.3 is 20.5 Å². The van der Waals surface area contributed by atoms with Crippen LogP contribution >= 0.6 is 15.9 Å². The normalized spacial score (nSPS) is 12.7. The Kier molecular flexibility index (Phi) is 8.47. The van der Waals surface area contributed by atoms with Crippen LogP contribution in [-0.4, -0.2) is 30.1 Å². The maximum Gasteiger partial charge on any atom is 0.222 e. The molecule has 0 aliphatic rings. The minimum Gasteiger partial charge on any atom is -0.494 e. The summed E-state index contributed by atoms with van der Waals surface area (Å²) in [4.78, 5) is 24.1. The third-order valence-corrected chi connectivity index (χ3v) is 4.58. The Hall–Kier alpha value is -2.38. The van der Waals surface area contributed by atoms with Crippen molar-refractivity contribution >= 4 is 27.7 Å². The van der Waals surface area contributed by atoms with Gasteiger partial charge in [-0.25, -0.2) is 0 Å². The lowest BCUT2D eigenvalue weighted by molar-refractivity contribution is -0.123. The Bertz CT molecular complexity index is 812. The van der Waals surface area contributed by atoms with Gasteiger partial charge in [0, 0.05) is 23.5 Å². The van der Waals surface area contributed by atoms with Gasteiger partial charge in [-0.3, -0.25) is 9.59 Å². The number of ether oxygens (including phenoxy) is 1. The Morgan fingerprint density at radius 2 is 1.93 bits per heavy atom. The van der Waals surface area contributed by atoms with Crippen molar-refractivity contribution in [2.75, 3.05) is 13.2 Å². The van der Waals surface area contributed by atoms with Gasteiger partial charge >= 0.3 is 0 Å². The number of para-hydroxylation sites is 1. The highest BCUT2D eigenvalue weighted by atomic mass is 79.9. The fraction of sp³-hybridized carbons (Fsp3) is 0.333. The highest BCUT2D eigenvalue weighted by Crippen LogP contribution is 2.27. The molecule has 0 spiro atoms. The standard InChI is InChI=1S/C21H25BrN2O4/c1-3-28-20-10-5-4-9-17(20)18(24-14(2)25)12-21(27)23-13-19(26)15-7-6-8-16(22)11-15/h4-11,18-19,26H,3,12-13H2,1-2H3,(H,23,27)(H,24,25)/t18?,19-/m0/s1. The van der Waals surface area contributed by atoms with Gasteiger partial charge in [0.05, 0.1) is 25.2 Å². The van der Waals surface area contributed by atoms with Crippen molar-refractivity contribution in [1.29, 1.82) is 0 Å². The van der Waals surface area contributed by atoms with Crippen molar-refractivity contribution in [3.8, 4) is 5.75 Å². The Morgan fingerprint density at radius 3 is 2.61 bits per heavy atom. The minimum atomic E-state index is -0.823. The monoisotopic (exact) mass is 448 g/mol. The summed E-state index contributed by atoms with van der Waals surface area (Å²) < 4.78 is 6.48.